The molecule has 1 heterocycles. The monoisotopic (exact) mass is 195 g/mol. The van der Waals surface area contributed by atoms with E-state index in [0.717, 1.165) is 24.4 Å². The van der Waals surface area contributed by atoms with Crippen LogP contribution in [0.3, 0.4) is 0 Å². The van der Waals surface area contributed by atoms with Crippen LogP contribution in [0, 0.1) is 0 Å². The highest BCUT2D eigenvalue weighted by Gasteiger charge is 2.20. The second-order valence-corrected chi connectivity index (χ2v) is 4.02. The van der Waals surface area contributed by atoms with Crippen LogP contribution in [0.1, 0.15) is 43.0 Å². The third-order valence-electron chi connectivity index (χ3n) is 2.81. The molecule has 2 rings (SSSR count). The number of imidazole rings is 1. The number of H-pyrrole nitrogens is 1. The molecular formula is C10H17N3O. The molecule has 0 aliphatic heterocycles. The molecule has 0 unspecified atom stereocenters. The minimum absolute atomic E-state index is 0.388. The lowest BCUT2D eigenvalue weighted by Gasteiger charge is -2.10. The smallest absolute Gasteiger partial charge is 0.126 e. The fourth-order valence-electron chi connectivity index (χ4n) is 1.86. The summed E-state index contributed by atoms with van der Waals surface area (Å²) >= 11 is 0. The van der Waals surface area contributed by atoms with Gasteiger partial charge in [-0.2, -0.15) is 0 Å². The maximum absolute atomic E-state index is 9.35. The highest BCUT2D eigenvalue weighted by molar-refractivity contribution is 5.19. The van der Waals surface area contributed by atoms with Crippen molar-refractivity contribution in [2.45, 2.75) is 44.8 Å². The molecule has 4 N–H and O–H groups in total. The van der Waals surface area contributed by atoms with Crippen LogP contribution in [0.15, 0.2) is 0 Å². The van der Waals surface area contributed by atoms with Crippen LogP contribution in [-0.2, 0) is 12.8 Å². The summed E-state index contributed by atoms with van der Waals surface area (Å²) in [5.41, 5.74) is 8.16. The lowest BCUT2D eigenvalue weighted by atomic mass is 10.0. The zero-order chi connectivity index (χ0) is 10.1. The van der Waals surface area contributed by atoms with Gasteiger partial charge in [0.15, 0.2) is 0 Å². The fourth-order valence-corrected chi connectivity index (χ4v) is 1.86. The summed E-state index contributed by atoms with van der Waals surface area (Å²) in [6.45, 7) is 1.69. The summed E-state index contributed by atoms with van der Waals surface area (Å²) in [7, 11) is 0. The first-order valence-electron chi connectivity index (χ1n) is 5.20. The van der Waals surface area contributed by atoms with E-state index < -0.39 is 6.10 Å². The lowest BCUT2D eigenvalue weighted by molar-refractivity contribution is 0.161. The van der Waals surface area contributed by atoms with Gasteiger partial charge in [0.1, 0.15) is 5.82 Å². The highest BCUT2D eigenvalue weighted by Crippen LogP contribution is 2.21. The Balaban J connectivity index is 2.23. The van der Waals surface area contributed by atoms with Crippen molar-refractivity contribution < 1.29 is 5.11 Å². The number of fused-ring (bicyclic) bond motifs is 1. The van der Waals surface area contributed by atoms with Gasteiger partial charge in [0, 0.05) is 5.69 Å². The fraction of sp³-hybridized carbons (Fsp3) is 0.700. The van der Waals surface area contributed by atoms with Crippen LogP contribution in [0.5, 0.6) is 0 Å². The average molecular weight is 195 g/mol. The molecule has 78 valence electrons. The van der Waals surface area contributed by atoms with Crippen LogP contribution in [0.25, 0.3) is 0 Å². The Kier molecular flexibility index (Phi) is 2.56. The van der Waals surface area contributed by atoms with E-state index in [1.165, 1.54) is 18.5 Å². The Morgan fingerprint density at radius 2 is 2.14 bits per heavy atom. The quantitative estimate of drug-likeness (QED) is 0.649. The first-order chi connectivity index (χ1) is 6.68. The van der Waals surface area contributed by atoms with E-state index in [0.29, 0.717) is 0 Å². The van der Waals surface area contributed by atoms with Gasteiger partial charge in [0.05, 0.1) is 17.8 Å². The number of aliphatic hydroxyl groups excluding tert-OH is 1. The molecule has 0 amide bonds. The van der Waals surface area contributed by atoms with Crippen molar-refractivity contribution in [2.75, 3.05) is 0 Å². The zero-order valence-electron chi connectivity index (χ0n) is 8.45. The third kappa shape index (κ3) is 1.67. The van der Waals surface area contributed by atoms with E-state index in [4.69, 9.17) is 5.73 Å². The SMILES string of the molecule is C[C@@H](O)[C@@H](N)c1nc2c([nH]1)CCCC2. The Bertz CT molecular complexity index is 296. The topological polar surface area (TPSA) is 74.9 Å². The maximum Gasteiger partial charge on any atom is 0.126 e. The molecule has 1 aliphatic carbocycles. The van der Waals surface area contributed by atoms with Gasteiger partial charge in [-0.15, -0.1) is 0 Å². The number of aliphatic hydroxyl groups is 1. The Morgan fingerprint density at radius 3 is 2.79 bits per heavy atom. The predicted molar refractivity (Wildman–Crippen MR) is 53.8 cm³/mol. The molecule has 1 aliphatic rings. The molecule has 14 heavy (non-hydrogen) atoms. The van der Waals surface area contributed by atoms with E-state index in [9.17, 15) is 5.11 Å². The van der Waals surface area contributed by atoms with Gasteiger partial charge < -0.3 is 15.8 Å². The van der Waals surface area contributed by atoms with Crippen molar-refractivity contribution in [2.24, 2.45) is 5.73 Å². The minimum Gasteiger partial charge on any atom is -0.391 e. The largest absolute Gasteiger partial charge is 0.391 e. The zero-order valence-corrected chi connectivity index (χ0v) is 8.45. The molecule has 0 bridgehead atoms. The first-order valence-corrected chi connectivity index (χ1v) is 5.20. The second-order valence-electron chi connectivity index (χ2n) is 4.02. The van der Waals surface area contributed by atoms with Crippen LogP contribution in [-0.4, -0.2) is 21.2 Å². The van der Waals surface area contributed by atoms with Gasteiger partial charge in [-0.1, -0.05) is 0 Å². The Morgan fingerprint density at radius 1 is 1.43 bits per heavy atom. The molecule has 0 radical (unpaired) electrons. The molecule has 2 atom stereocenters. The van der Waals surface area contributed by atoms with Crippen molar-refractivity contribution >= 4 is 0 Å². The molecule has 0 saturated heterocycles. The van der Waals surface area contributed by atoms with E-state index in [2.05, 4.69) is 9.97 Å². The Labute approximate surface area is 83.5 Å². The number of aryl methyl sites for hydroxylation is 2. The van der Waals surface area contributed by atoms with Crippen molar-refractivity contribution in [3.63, 3.8) is 0 Å². The molecule has 0 spiro atoms. The maximum atomic E-state index is 9.35. The molecule has 1 aromatic rings. The van der Waals surface area contributed by atoms with Crippen molar-refractivity contribution in [1.82, 2.24) is 9.97 Å². The molecule has 4 heteroatoms. The number of hydrogen-bond acceptors (Lipinski definition) is 3. The summed E-state index contributed by atoms with van der Waals surface area (Å²) in [4.78, 5) is 7.65. The molecule has 0 aromatic carbocycles. The minimum atomic E-state index is -0.553. The van der Waals surface area contributed by atoms with E-state index in [1.807, 2.05) is 0 Å². The molecule has 0 fully saturated rings. The van der Waals surface area contributed by atoms with Gasteiger partial charge in [-0.3, -0.25) is 0 Å². The third-order valence-corrected chi connectivity index (χ3v) is 2.81. The van der Waals surface area contributed by atoms with Gasteiger partial charge in [0.2, 0.25) is 0 Å². The lowest BCUT2D eigenvalue weighted by Crippen LogP contribution is -2.24. The molecule has 1 aromatic heterocycles. The van der Waals surface area contributed by atoms with Crippen molar-refractivity contribution in [1.29, 1.82) is 0 Å². The predicted octanol–water partition coefficient (Wildman–Crippen LogP) is 0.669. The Hall–Kier alpha value is -0.870. The number of hydrogen-bond donors (Lipinski definition) is 3. The normalized spacial score (nSPS) is 20.2. The second kappa shape index (κ2) is 3.71. The van der Waals surface area contributed by atoms with Crippen LogP contribution in [0.4, 0.5) is 0 Å². The number of nitrogens with one attached hydrogen (secondary N) is 1. The van der Waals surface area contributed by atoms with E-state index in [1.54, 1.807) is 6.92 Å². The van der Waals surface area contributed by atoms with Gasteiger partial charge in [-0.05, 0) is 32.6 Å². The number of nitrogens with two attached hydrogens (primary N) is 1. The number of nitrogens with zero attached hydrogens (tertiary/aromatic N) is 1. The summed E-state index contributed by atoms with van der Waals surface area (Å²) in [6.07, 6.45) is 3.98. The van der Waals surface area contributed by atoms with Crippen LogP contribution in [0.2, 0.25) is 0 Å². The summed E-state index contributed by atoms with van der Waals surface area (Å²) in [5.74, 6) is 0.729. The van der Waals surface area contributed by atoms with Crippen LogP contribution < -0.4 is 5.73 Å². The van der Waals surface area contributed by atoms with Gasteiger partial charge in [0.25, 0.3) is 0 Å². The molecular weight excluding hydrogens is 178 g/mol. The number of aromatic nitrogens is 2. The number of aromatic amines is 1. The summed E-state index contributed by atoms with van der Waals surface area (Å²) in [6, 6.07) is -0.388. The van der Waals surface area contributed by atoms with Crippen molar-refractivity contribution in [3.8, 4) is 0 Å². The standard InChI is InChI=1S/C10H17N3O/c1-6(14)9(11)10-12-7-4-2-3-5-8(7)13-10/h6,9,14H,2-5,11H2,1H3,(H,12,13)/t6-,9-/m1/s1. The van der Waals surface area contributed by atoms with Gasteiger partial charge >= 0.3 is 0 Å². The summed E-state index contributed by atoms with van der Waals surface area (Å²) < 4.78 is 0. The van der Waals surface area contributed by atoms with Crippen LogP contribution >= 0.6 is 0 Å². The number of rotatable bonds is 2. The summed E-state index contributed by atoms with van der Waals surface area (Å²) in [5, 5.41) is 9.35. The molecule has 4 nitrogen and oxygen atoms in total. The first kappa shape index (κ1) is 9.68. The van der Waals surface area contributed by atoms with Gasteiger partial charge in [-0.25, -0.2) is 4.98 Å². The average Bonchev–Trinajstić information content (AvgIpc) is 2.59. The highest BCUT2D eigenvalue weighted by atomic mass is 16.3. The van der Waals surface area contributed by atoms with E-state index >= 15 is 0 Å². The van der Waals surface area contributed by atoms with E-state index in [-0.39, 0.29) is 6.04 Å². The van der Waals surface area contributed by atoms with Crippen molar-refractivity contribution in [3.05, 3.63) is 17.2 Å². The molecule has 0 saturated carbocycles.